The van der Waals surface area contributed by atoms with E-state index in [9.17, 15) is 44.6 Å². The number of ether oxygens (including phenoxy) is 2. The van der Waals surface area contributed by atoms with Gasteiger partial charge in [0.1, 0.15) is 43.2 Å². The van der Waals surface area contributed by atoms with E-state index in [1.54, 1.807) is 0 Å². The highest BCUT2D eigenvalue weighted by Crippen LogP contribution is 2.43. The van der Waals surface area contributed by atoms with Crippen LogP contribution in [-0.4, -0.2) is 93.4 Å². The number of carbonyl (C=O) groups is 2. The van der Waals surface area contributed by atoms with Crippen LogP contribution in [0.1, 0.15) is 90.9 Å². The van der Waals surface area contributed by atoms with Crippen molar-refractivity contribution in [3.8, 4) is 0 Å². The van der Waals surface area contributed by atoms with Crippen molar-refractivity contribution in [2.45, 2.75) is 134 Å². The third-order valence-electron chi connectivity index (χ3n) is 6.44. The van der Waals surface area contributed by atoms with Gasteiger partial charge in [-0.05, 0) is 12.8 Å². The summed E-state index contributed by atoms with van der Waals surface area (Å²) in [4.78, 5) is 36.8. The highest BCUT2D eigenvalue weighted by molar-refractivity contribution is 7.45. The van der Waals surface area contributed by atoms with E-state index in [-0.39, 0.29) is 12.8 Å². The van der Waals surface area contributed by atoms with Gasteiger partial charge in [-0.2, -0.15) is 0 Å². The molecule has 8 atom stereocenters. The molecular weight excluding hydrogens is 539 g/mol. The summed E-state index contributed by atoms with van der Waals surface area (Å²) < 4.78 is 32.3. The van der Waals surface area contributed by atoms with E-state index in [1.165, 1.54) is 0 Å². The Kier molecular flexibility index (Phi) is 17.5. The van der Waals surface area contributed by atoms with E-state index >= 15 is 0 Å². The summed E-state index contributed by atoms with van der Waals surface area (Å²) in [5.41, 5.74) is 0. The molecule has 3 unspecified atom stereocenters. The monoisotopic (exact) mass is 585 g/mol. The lowest BCUT2D eigenvalue weighted by Gasteiger charge is -2.43. The quantitative estimate of drug-likeness (QED) is 0.0762. The van der Waals surface area contributed by atoms with E-state index in [2.05, 4.69) is 18.4 Å². The fourth-order valence-corrected chi connectivity index (χ4v) is 5.00. The van der Waals surface area contributed by atoms with Crippen LogP contribution in [0.4, 0.5) is 0 Å². The number of aliphatic hydroxyl groups is 5. The smallest absolute Gasteiger partial charge is 0.306 e. The van der Waals surface area contributed by atoms with Crippen molar-refractivity contribution >= 4 is 19.8 Å². The molecule has 0 aromatic rings. The highest BCUT2D eigenvalue weighted by Gasteiger charge is 2.50. The maximum absolute atomic E-state index is 12.4. The second-order valence-corrected chi connectivity index (χ2v) is 11.3. The lowest BCUT2D eigenvalue weighted by Crippen LogP contribution is -2.64. The molecule has 0 bridgehead atoms. The minimum absolute atomic E-state index is 0.0791. The standard InChI is InChI=1S/C25H47O13P/c1-3-5-7-9-11-13-18(26)35-15-17(37-19(27)14-12-10-8-6-4-2)16-36-39(33,34)38-25-23(31)21(29)20(28)22(30)24(25)32/h17,20-25,28-32H,3-16H2,1-2H3,(H,33,34)/p-1/t17-,20?,21-,22+,23-,24-,25?/m1/s1. The molecule has 1 aliphatic carbocycles. The van der Waals surface area contributed by atoms with Crippen molar-refractivity contribution in [2.75, 3.05) is 13.2 Å². The molecule has 1 rings (SSSR count). The van der Waals surface area contributed by atoms with Crippen LogP contribution in [0.2, 0.25) is 0 Å². The van der Waals surface area contributed by atoms with E-state index in [0.29, 0.717) is 12.8 Å². The van der Waals surface area contributed by atoms with Crippen molar-refractivity contribution in [3.63, 3.8) is 0 Å². The molecule has 1 saturated carbocycles. The molecule has 1 fully saturated rings. The van der Waals surface area contributed by atoms with Gasteiger partial charge in [0, 0.05) is 12.8 Å². The number of unbranched alkanes of at least 4 members (excludes halogenated alkanes) is 8. The topological polar surface area (TPSA) is 212 Å². The van der Waals surface area contributed by atoms with E-state index in [4.69, 9.17) is 14.0 Å². The molecule has 14 heteroatoms. The second kappa shape index (κ2) is 19.1. The first-order valence-electron chi connectivity index (χ1n) is 13.8. The average Bonchev–Trinajstić information content (AvgIpc) is 2.90. The molecule has 5 N–H and O–H groups in total. The van der Waals surface area contributed by atoms with Gasteiger partial charge >= 0.3 is 11.9 Å². The van der Waals surface area contributed by atoms with Gasteiger partial charge in [0.05, 0.1) is 6.61 Å². The van der Waals surface area contributed by atoms with Crippen LogP contribution in [0.5, 0.6) is 0 Å². The van der Waals surface area contributed by atoms with Gasteiger partial charge in [-0.3, -0.25) is 14.2 Å². The minimum Gasteiger partial charge on any atom is -0.756 e. The lowest BCUT2D eigenvalue weighted by molar-refractivity contribution is -0.261. The van der Waals surface area contributed by atoms with Crippen molar-refractivity contribution < 1.29 is 63.1 Å². The molecule has 0 aromatic carbocycles. The van der Waals surface area contributed by atoms with Crippen molar-refractivity contribution in [3.05, 3.63) is 0 Å². The number of aliphatic hydroxyl groups excluding tert-OH is 5. The molecule has 0 aromatic heterocycles. The Labute approximate surface area is 230 Å². The zero-order valence-electron chi connectivity index (χ0n) is 22.9. The van der Waals surface area contributed by atoms with Gasteiger partial charge in [0.25, 0.3) is 7.82 Å². The first-order chi connectivity index (χ1) is 18.4. The minimum atomic E-state index is -5.32. The van der Waals surface area contributed by atoms with Gasteiger partial charge in [-0.15, -0.1) is 0 Å². The van der Waals surface area contributed by atoms with Crippen LogP contribution in [0, 0.1) is 0 Å². The Bertz CT molecular complexity index is 735. The second-order valence-electron chi connectivity index (χ2n) is 9.89. The predicted octanol–water partition coefficient (Wildman–Crippen LogP) is 0.851. The third kappa shape index (κ3) is 13.8. The van der Waals surface area contributed by atoms with Crippen LogP contribution < -0.4 is 4.89 Å². The summed E-state index contributed by atoms with van der Waals surface area (Å²) >= 11 is 0. The number of phosphoric ester groups is 1. The Morgan fingerprint density at radius 2 is 1.18 bits per heavy atom. The highest BCUT2D eigenvalue weighted by atomic mass is 31.2. The Morgan fingerprint density at radius 3 is 1.69 bits per heavy atom. The van der Waals surface area contributed by atoms with Crippen LogP contribution in [0.3, 0.4) is 0 Å². The molecule has 39 heavy (non-hydrogen) atoms. The number of hydrogen-bond acceptors (Lipinski definition) is 13. The molecule has 0 spiro atoms. The molecule has 0 amide bonds. The first-order valence-corrected chi connectivity index (χ1v) is 15.3. The van der Waals surface area contributed by atoms with E-state index < -0.39 is 75.7 Å². The molecule has 0 heterocycles. The molecule has 0 radical (unpaired) electrons. The van der Waals surface area contributed by atoms with Crippen LogP contribution >= 0.6 is 7.82 Å². The molecule has 1 aliphatic rings. The molecule has 13 nitrogen and oxygen atoms in total. The summed E-state index contributed by atoms with van der Waals surface area (Å²) in [6.07, 6.45) is -4.14. The SMILES string of the molecule is CCCCCCCC(=O)OC[C@H](COP(=O)([O-])OC1[C@H](O)[C@H](O)C(O)[C@H](O)[C@H]1O)OC(=O)CCCCCCC. The molecule has 230 valence electrons. The first kappa shape index (κ1) is 35.9. The normalized spacial score (nSPS) is 27.5. The number of rotatable bonds is 20. The molecule has 0 saturated heterocycles. The summed E-state index contributed by atoms with van der Waals surface area (Å²) in [5.74, 6) is -1.17. The summed E-state index contributed by atoms with van der Waals surface area (Å²) in [6.45, 7) is 2.88. The van der Waals surface area contributed by atoms with Gasteiger partial charge in [-0.1, -0.05) is 65.2 Å². The lowest BCUT2D eigenvalue weighted by atomic mass is 9.85. The fraction of sp³-hybridized carbons (Fsp3) is 0.920. The van der Waals surface area contributed by atoms with E-state index in [1.807, 2.05) is 0 Å². The Morgan fingerprint density at radius 1 is 0.718 bits per heavy atom. The van der Waals surface area contributed by atoms with Gasteiger partial charge in [0.2, 0.25) is 0 Å². The molecule has 0 aliphatic heterocycles. The van der Waals surface area contributed by atoms with Crippen molar-refractivity contribution in [2.24, 2.45) is 0 Å². The van der Waals surface area contributed by atoms with Gasteiger partial charge < -0.3 is 48.9 Å². The number of esters is 2. The maximum atomic E-state index is 12.4. The Hall–Kier alpha value is -1.15. The number of phosphoric acid groups is 1. The summed E-state index contributed by atoms with van der Waals surface area (Å²) in [6, 6.07) is 0. The van der Waals surface area contributed by atoms with Crippen molar-refractivity contribution in [1.82, 2.24) is 0 Å². The third-order valence-corrected chi connectivity index (χ3v) is 7.41. The number of hydrogen-bond donors (Lipinski definition) is 5. The maximum Gasteiger partial charge on any atom is 0.306 e. The van der Waals surface area contributed by atoms with Crippen molar-refractivity contribution in [1.29, 1.82) is 0 Å². The van der Waals surface area contributed by atoms with Crippen LogP contribution in [0.25, 0.3) is 0 Å². The Balaban J connectivity index is 2.70. The van der Waals surface area contributed by atoms with Gasteiger partial charge in [0.15, 0.2) is 6.10 Å². The zero-order chi connectivity index (χ0) is 29.4. The van der Waals surface area contributed by atoms with Gasteiger partial charge in [-0.25, -0.2) is 0 Å². The van der Waals surface area contributed by atoms with E-state index in [0.717, 1.165) is 51.4 Å². The average molecular weight is 586 g/mol. The summed E-state index contributed by atoms with van der Waals surface area (Å²) in [7, 11) is -5.32. The summed E-state index contributed by atoms with van der Waals surface area (Å²) in [5, 5.41) is 49.2. The zero-order valence-corrected chi connectivity index (χ0v) is 23.8. The predicted molar refractivity (Wildman–Crippen MR) is 136 cm³/mol. The fourth-order valence-electron chi connectivity index (χ4n) is 4.04. The largest absolute Gasteiger partial charge is 0.756 e. The van der Waals surface area contributed by atoms with Crippen LogP contribution in [-0.2, 0) is 32.7 Å². The molecular formula is C25H46O13P-. The van der Waals surface area contributed by atoms with Crippen LogP contribution in [0.15, 0.2) is 0 Å². The number of carbonyl (C=O) groups excluding carboxylic acids is 2.